The smallest absolute Gasteiger partial charge is 0.244 e. The van der Waals surface area contributed by atoms with Gasteiger partial charge in [0.05, 0.1) is 16.1 Å². The molecular formula is C12H15Cl2NO3S. The quantitative estimate of drug-likeness (QED) is 0.925. The molecule has 2 rings (SSSR count). The lowest BCUT2D eigenvalue weighted by atomic mass is 9.82. The van der Waals surface area contributed by atoms with Crippen molar-refractivity contribution < 1.29 is 13.5 Å². The molecule has 0 heterocycles. The molecule has 0 saturated heterocycles. The normalized spacial score (nSPS) is 23.4. The highest BCUT2D eigenvalue weighted by atomic mass is 35.5. The molecule has 4 nitrogen and oxygen atoms in total. The molecule has 19 heavy (non-hydrogen) atoms. The molecule has 0 bridgehead atoms. The van der Waals surface area contributed by atoms with Crippen LogP contribution in [0.25, 0.3) is 0 Å². The fourth-order valence-electron chi connectivity index (χ4n) is 2.16. The van der Waals surface area contributed by atoms with Crippen LogP contribution >= 0.6 is 23.2 Å². The largest absolute Gasteiger partial charge is 0.393 e. The van der Waals surface area contributed by atoms with Gasteiger partial charge in [-0.3, -0.25) is 0 Å². The molecule has 106 valence electrons. The van der Waals surface area contributed by atoms with E-state index in [4.69, 9.17) is 23.2 Å². The highest BCUT2D eigenvalue weighted by molar-refractivity contribution is 7.89. The zero-order chi connectivity index (χ0) is 14.2. The molecule has 0 aromatic heterocycles. The summed E-state index contributed by atoms with van der Waals surface area (Å²) in [7, 11) is -2.13. The van der Waals surface area contributed by atoms with Crippen LogP contribution in [-0.2, 0) is 10.0 Å². The summed E-state index contributed by atoms with van der Waals surface area (Å²) in [4.78, 5) is 0.0176. The van der Waals surface area contributed by atoms with Crippen LogP contribution in [0.1, 0.15) is 12.8 Å². The Balaban J connectivity index is 2.19. The van der Waals surface area contributed by atoms with Crippen molar-refractivity contribution in [3.8, 4) is 0 Å². The molecule has 1 aliphatic rings. The summed E-state index contributed by atoms with van der Waals surface area (Å²) in [5, 5.41) is 9.49. The van der Waals surface area contributed by atoms with E-state index < -0.39 is 10.0 Å². The van der Waals surface area contributed by atoms with Gasteiger partial charge >= 0.3 is 0 Å². The van der Waals surface area contributed by atoms with Gasteiger partial charge in [-0.2, -0.15) is 0 Å². The van der Waals surface area contributed by atoms with Gasteiger partial charge in [0.25, 0.3) is 0 Å². The molecule has 1 aromatic carbocycles. The van der Waals surface area contributed by atoms with Crippen molar-refractivity contribution in [3.63, 3.8) is 0 Å². The van der Waals surface area contributed by atoms with Crippen molar-refractivity contribution in [2.45, 2.75) is 23.8 Å². The Kier molecular flexibility index (Phi) is 4.42. The van der Waals surface area contributed by atoms with E-state index in [2.05, 4.69) is 0 Å². The van der Waals surface area contributed by atoms with Crippen LogP contribution in [0.15, 0.2) is 23.1 Å². The van der Waals surface area contributed by atoms with Gasteiger partial charge in [0.15, 0.2) is 0 Å². The summed E-state index contributed by atoms with van der Waals surface area (Å²) in [5.74, 6) is 0.202. The Morgan fingerprint density at radius 3 is 2.58 bits per heavy atom. The first-order chi connectivity index (χ1) is 8.82. The molecule has 0 spiro atoms. The van der Waals surface area contributed by atoms with E-state index in [1.165, 1.54) is 17.4 Å². The zero-order valence-electron chi connectivity index (χ0n) is 10.4. The third-order valence-electron chi connectivity index (χ3n) is 3.33. The van der Waals surface area contributed by atoms with E-state index in [0.717, 1.165) is 0 Å². The minimum atomic E-state index is -3.65. The predicted octanol–water partition coefficient (Wildman–Crippen LogP) is 2.38. The maximum absolute atomic E-state index is 12.4. The van der Waals surface area contributed by atoms with Crippen molar-refractivity contribution in [3.05, 3.63) is 28.2 Å². The van der Waals surface area contributed by atoms with Crippen LogP contribution in [0.5, 0.6) is 0 Å². The maximum Gasteiger partial charge on any atom is 0.244 e. The molecule has 0 amide bonds. The Hall–Kier alpha value is -0.330. The number of sulfonamides is 1. The predicted molar refractivity (Wildman–Crippen MR) is 75.0 cm³/mol. The molecular weight excluding hydrogens is 309 g/mol. The van der Waals surface area contributed by atoms with E-state index in [1.807, 2.05) is 0 Å². The molecule has 1 fully saturated rings. The lowest BCUT2D eigenvalue weighted by molar-refractivity contribution is 0.0367. The first-order valence-corrected chi connectivity index (χ1v) is 8.10. The Labute approximate surface area is 123 Å². The molecule has 0 unspecified atom stereocenters. The Morgan fingerprint density at radius 1 is 1.37 bits per heavy atom. The number of aliphatic hydroxyl groups excluding tert-OH is 1. The van der Waals surface area contributed by atoms with Crippen LogP contribution in [-0.4, -0.2) is 37.5 Å². The zero-order valence-corrected chi connectivity index (χ0v) is 12.7. The standard InChI is InChI=1S/C12H15Cl2NO3S/c1-15(7-8-5-9(16)6-8)19(17,18)11-4-2-3-10(13)12(11)14/h2-4,8-9,16H,5-7H2,1H3. The van der Waals surface area contributed by atoms with Crippen molar-refractivity contribution in [1.82, 2.24) is 4.31 Å². The van der Waals surface area contributed by atoms with Gasteiger partial charge in [-0.25, -0.2) is 12.7 Å². The van der Waals surface area contributed by atoms with Crippen molar-refractivity contribution in [2.75, 3.05) is 13.6 Å². The van der Waals surface area contributed by atoms with Gasteiger partial charge in [0, 0.05) is 13.6 Å². The van der Waals surface area contributed by atoms with E-state index in [9.17, 15) is 13.5 Å². The number of nitrogens with zero attached hydrogens (tertiary/aromatic N) is 1. The summed E-state index contributed by atoms with van der Waals surface area (Å²) in [6.45, 7) is 0.377. The lowest BCUT2D eigenvalue weighted by Gasteiger charge is -2.34. The molecule has 1 aliphatic carbocycles. The first-order valence-electron chi connectivity index (χ1n) is 5.90. The molecule has 1 aromatic rings. The Bertz CT molecular complexity index is 570. The highest BCUT2D eigenvalue weighted by Gasteiger charge is 2.32. The van der Waals surface area contributed by atoms with Crippen LogP contribution in [0.3, 0.4) is 0 Å². The highest BCUT2D eigenvalue weighted by Crippen LogP contribution is 2.33. The number of aliphatic hydroxyl groups is 1. The van der Waals surface area contributed by atoms with E-state index in [-0.39, 0.29) is 27.0 Å². The third-order valence-corrected chi connectivity index (χ3v) is 6.13. The summed E-state index contributed by atoms with van der Waals surface area (Å²) in [6, 6.07) is 4.54. The van der Waals surface area contributed by atoms with Crippen LogP contribution in [0, 0.1) is 5.92 Å². The monoisotopic (exact) mass is 323 g/mol. The number of hydrogen-bond acceptors (Lipinski definition) is 3. The van der Waals surface area contributed by atoms with E-state index in [0.29, 0.717) is 19.4 Å². The molecule has 1 N–H and O–H groups in total. The number of benzene rings is 1. The maximum atomic E-state index is 12.4. The summed E-state index contributed by atoms with van der Waals surface area (Å²) >= 11 is 11.8. The number of halogens is 2. The number of hydrogen-bond donors (Lipinski definition) is 1. The molecule has 0 atom stereocenters. The second-order valence-electron chi connectivity index (χ2n) is 4.83. The Morgan fingerprint density at radius 2 is 2.00 bits per heavy atom. The number of rotatable bonds is 4. The molecule has 7 heteroatoms. The van der Waals surface area contributed by atoms with Gasteiger partial charge in [0.2, 0.25) is 10.0 Å². The van der Waals surface area contributed by atoms with Gasteiger partial charge in [-0.05, 0) is 30.9 Å². The van der Waals surface area contributed by atoms with Gasteiger partial charge < -0.3 is 5.11 Å². The second kappa shape index (κ2) is 5.58. The molecule has 1 saturated carbocycles. The average Bonchev–Trinajstić information content (AvgIpc) is 2.30. The van der Waals surface area contributed by atoms with Gasteiger partial charge in [-0.15, -0.1) is 0 Å². The lowest BCUT2D eigenvalue weighted by Crippen LogP contribution is -2.39. The summed E-state index contributed by atoms with van der Waals surface area (Å²) < 4.78 is 26.0. The second-order valence-corrected chi connectivity index (χ2v) is 7.63. The van der Waals surface area contributed by atoms with Crippen molar-refractivity contribution in [2.24, 2.45) is 5.92 Å². The molecule has 0 radical (unpaired) electrons. The van der Waals surface area contributed by atoms with Gasteiger partial charge in [-0.1, -0.05) is 29.3 Å². The SMILES string of the molecule is CN(CC1CC(O)C1)S(=O)(=O)c1cccc(Cl)c1Cl. The molecule has 0 aliphatic heterocycles. The summed E-state index contributed by atoms with van der Waals surface area (Å²) in [6.07, 6.45) is 0.989. The van der Waals surface area contributed by atoms with Crippen molar-refractivity contribution in [1.29, 1.82) is 0 Å². The fourth-order valence-corrected chi connectivity index (χ4v) is 4.14. The summed E-state index contributed by atoms with van der Waals surface area (Å²) in [5.41, 5.74) is 0. The van der Waals surface area contributed by atoms with Crippen molar-refractivity contribution >= 4 is 33.2 Å². The van der Waals surface area contributed by atoms with Gasteiger partial charge in [0.1, 0.15) is 4.90 Å². The minimum Gasteiger partial charge on any atom is -0.393 e. The van der Waals surface area contributed by atoms with Crippen LogP contribution in [0.4, 0.5) is 0 Å². The first kappa shape index (κ1) is 15.1. The average molecular weight is 324 g/mol. The van der Waals surface area contributed by atoms with E-state index >= 15 is 0 Å². The van der Waals surface area contributed by atoms with E-state index in [1.54, 1.807) is 12.1 Å². The van der Waals surface area contributed by atoms with Crippen LogP contribution < -0.4 is 0 Å². The fraction of sp³-hybridized carbons (Fsp3) is 0.500. The minimum absolute atomic E-state index is 0.0176. The van der Waals surface area contributed by atoms with Crippen LogP contribution in [0.2, 0.25) is 10.0 Å². The third kappa shape index (κ3) is 3.06. The topological polar surface area (TPSA) is 57.6 Å².